The third-order valence-electron chi connectivity index (χ3n) is 3.53. The van der Waals surface area contributed by atoms with Gasteiger partial charge in [0.15, 0.2) is 0 Å². The van der Waals surface area contributed by atoms with E-state index < -0.39 is 6.10 Å². The molecule has 104 valence electrons. The molecule has 3 rings (SSSR count). The van der Waals surface area contributed by atoms with E-state index in [4.69, 9.17) is 9.47 Å². The summed E-state index contributed by atoms with van der Waals surface area (Å²) in [7, 11) is 1.64. The number of para-hydroxylation sites is 1. The quantitative estimate of drug-likeness (QED) is 0.901. The van der Waals surface area contributed by atoms with Gasteiger partial charge in [0.2, 0.25) is 0 Å². The van der Waals surface area contributed by atoms with Crippen LogP contribution in [-0.2, 0) is 0 Å². The molecule has 0 spiro atoms. The molecule has 0 aromatic heterocycles. The van der Waals surface area contributed by atoms with E-state index in [0.717, 1.165) is 27.1 Å². The Labute approximate surface area is 126 Å². The van der Waals surface area contributed by atoms with Gasteiger partial charge in [0.05, 0.1) is 13.2 Å². The van der Waals surface area contributed by atoms with Gasteiger partial charge in [-0.3, -0.25) is 0 Å². The molecule has 2 atom stereocenters. The minimum Gasteiger partial charge on any atom is -0.497 e. The maximum absolute atomic E-state index is 10.3. The molecule has 1 aliphatic heterocycles. The van der Waals surface area contributed by atoms with Crippen molar-refractivity contribution in [3.63, 3.8) is 0 Å². The Bertz CT molecular complexity index is 627. The second-order valence-corrected chi connectivity index (χ2v) is 5.64. The zero-order valence-electron chi connectivity index (χ0n) is 11.0. The first kappa shape index (κ1) is 13.5. The maximum atomic E-state index is 10.3. The van der Waals surface area contributed by atoms with Crippen molar-refractivity contribution in [3.8, 4) is 11.5 Å². The molecule has 4 heteroatoms. The smallest absolute Gasteiger partial charge is 0.128 e. The first-order valence-electron chi connectivity index (χ1n) is 6.46. The average molecular weight is 335 g/mol. The highest BCUT2D eigenvalue weighted by Crippen LogP contribution is 2.42. The van der Waals surface area contributed by atoms with Crippen LogP contribution in [0.15, 0.2) is 46.9 Å². The molecule has 0 fully saturated rings. The Morgan fingerprint density at radius 1 is 1.20 bits per heavy atom. The predicted octanol–water partition coefficient (Wildman–Crippen LogP) is 4.01. The summed E-state index contributed by atoms with van der Waals surface area (Å²) >= 11 is 3.54. The Hall–Kier alpha value is -1.52. The van der Waals surface area contributed by atoms with Crippen LogP contribution in [0.5, 0.6) is 11.5 Å². The van der Waals surface area contributed by atoms with Crippen molar-refractivity contribution < 1.29 is 14.6 Å². The molecule has 0 saturated carbocycles. The third-order valence-corrected chi connectivity index (χ3v) is 4.26. The summed E-state index contributed by atoms with van der Waals surface area (Å²) in [5.74, 6) is 1.52. The number of aliphatic hydroxyl groups excluding tert-OH is 1. The van der Waals surface area contributed by atoms with E-state index in [1.807, 2.05) is 42.5 Å². The van der Waals surface area contributed by atoms with Gasteiger partial charge in [0, 0.05) is 22.0 Å². The third kappa shape index (κ3) is 2.41. The molecular formula is C16H15BrO3. The topological polar surface area (TPSA) is 38.7 Å². The molecule has 1 aliphatic rings. The number of methoxy groups -OCH3 is 1. The van der Waals surface area contributed by atoms with Crippen molar-refractivity contribution in [1.29, 1.82) is 0 Å². The summed E-state index contributed by atoms with van der Waals surface area (Å²) in [5.41, 5.74) is 1.83. The number of aliphatic hydroxyl groups is 1. The number of ether oxygens (including phenoxy) is 2. The second kappa shape index (κ2) is 5.46. The Kier molecular flexibility index (Phi) is 3.68. The minimum absolute atomic E-state index is 0.190. The molecule has 1 unspecified atom stereocenters. The largest absolute Gasteiger partial charge is 0.497 e. The number of hydrogen-bond donors (Lipinski definition) is 1. The highest BCUT2D eigenvalue weighted by atomic mass is 79.9. The van der Waals surface area contributed by atoms with Gasteiger partial charge in [-0.25, -0.2) is 0 Å². The van der Waals surface area contributed by atoms with Gasteiger partial charge in [-0.15, -0.1) is 0 Å². The summed E-state index contributed by atoms with van der Waals surface area (Å²) in [6.07, 6.45) is -0.171. The number of hydrogen-bond acceptors (Lipinski definition) is 3. The molecule has 20 heavy (non-hydrogen) atoms. The summed E-state index contributed by atoms with van der Waals surface area (Å²) < 4.78 is 12.2. The highest BCUT2D eigenvalue weighted by Gasteiger charge is 2.29. The van der Waals surface area contributed by atoms with Crippen LogP contribution in [0.1, 0.15) is 29.8 Å². The Morgan fingerprint density at radius 2 is 2.00 bits per heavy atom. The fourth-order valence-electron chi connectivity index (χ4n) is 2.48. The normalized spacial score (nSPS) is 20.9. The molecule has 0 bridgehead atoms. The predicted molar refractivity (Wildman–Crippen MR) is 80.1 cm³/mol. The van der Waals surface area contributed by atoms with E-state index in [9.17, 15) is 5.11 Å². The van der Waals surface area contributed by atoms with Crippen LogP contribution in [0.2, 0.25) is 0 Å². The lowest BCUT2D eigenvalue weighted by molar-refractivity contribution is 0.0653. The molecule has 0 saturated heterocycles. The minimum atomic E-state index is -0.511. The van der Waals surface area contributed by atoms with E-state index >= 15 is 0 Å². The number of halogens is 1. The van der Waals surface area contributed by atoms with Crippen LogP contribution in [0, 0.1) is 0 Å². The van der Waals surface area contributed by atoms with Crippen LogP contribution < -0.4 is 9.47 Å². The molecule has 3 nitrogen and oxygen atoms in total. The SMILES string of the molecule is COc1ccc(Br)c(C2C[C@@H](O)c3ccccc3O2)c1. The van der Waals surface area contributed by atoms with Gasteiger partial charge in [-0.05, 0) is 24.3 Å². The summed E-state index contributed by atoms with van der Waals surface area (Å²) in [6.45, 7) is 0. The first-order chi connectivity index (χ1) is 9.69. The van der Waals surface area contributed by atoms with Gasteiger partial charge in [-0.1, -0.05) is 34.1 Å². The first-order valence-corrected chi connectivity index (χ1v) is 7.25. The lowest BCUT2D eigenvalue weighted by Gasteiger charge is -2.30. The summed E-state index contributed by atoms with van der Waals surface area (Å²) in [6, 6.07) is 13.4. The van der Waals surface area contributed by atoms with Crippen molar-refractivity contribution in [2.24, 2.45) is 0 Å². The average Bonchev–Trinajstić information content (AvgIpc) is 2.48. The van der Waals surface area contributed by atoms with Crippen molar-refractivity contribution >= 4 is 15.9 Å². The fourth-order valence-corrected chi connectivity index (χ4v) is 2.98. The monoisotopic (exact) mass is 334 g/mol. The van der Waals surface area contributed by atoms with Crippen molar-refractivity contribution in [3.05, 3.63) is 58.1 Å². The summed E-state index contributed by atoms with van der Waals surface area (Å²) in [4.78, 5) is 0. The zero-order chi connectivity index (χ0) is 14.1. The maximum Gasteiger partial charge on any atom is 0.128 e. The highest BCUT2D eigenvalue weighted by molar-refractivity contribution is 9.10. The summed E-state index contributed by atoms with van der Waals surface area (Å²) in [5, 5.41) is 10.3. The van der Waals surface area contributed by atoms with E-state index in [1.54, 1.807) is 7.11 Å². The molecule has 2 aromatic carbocycles. The lowest BCUT2D eigenvalue weighted by Crippen LogP contribution is -2.19. The zero-order valence-corrected chi connectivity index (χ0v) is 12.6. The van der Waals surface area contributed by atoms with Crippen LogP contribution >= 0.6 is 15.9 Å². The lowest BCUT2D eigenvalue weighted by atomic mass is 9.95. The van der Waals surface area contributed by atoms with Crippen molar-refractivity contribution in [2.75, 3.05) is 7.11 Å². The van der Waals surface area contributed by atoms with Crippen LogP contribution in [0.25, 0.3) is 0 Å². The molecule has 0 radical (unpaired) electrons. The van der Waals surface area contributed by atoms with Gasteiger partial charge in [0.1, 0.15) is 17.6 Å². The van der Waals surface area contributed by atoms with E-state index in [0.29, 0.717) is 6.42 Å². The fraction of sp³-hybridized carbons (Fsp3) is 0.250. The molecule has 1 heterocycles. The molecular weight excluding hydrogens is 320 g/mol. The van der Waals surface area contributed by atoms with Crippen LogP contribution in [0.3, 0.4) is 0 Å². The van der Waals surface area contributed by atoms with Crippen LogP contribution in [-0.4, -0.2) is 12.2 Å². The molecule has 1 N–H and O–H groups in total. The Morgan fingerprint density at radius 3 is 2.80 bits per heavy atom. The number of benzene rings is 2. The van der Waals surface area contributed by atoms with E-state index in [2.05, 4.69) is 15.9 Å². The number of rotatable bonds is 2. The Balaban J connectivity index is 1.97. The number of fused-ring (bicyclic) bond motifs is 1. The van der Waals surface area contributed by atoms with E-state index in [-0.39, 0.29) is 6.10 Å². The van der Waals surface area contributed by atoms with E-state index in [1.165, 1.54) is 0 Å². The molecule has 2 aromatic rings. The van der Waals surface area contributed by atoms with Crippen molar-refractivity contribution in [2.45, 2.75) is 18.6 Å². The van der Waals surface area contributed by atoms with Gasteiger partial charge in [-0.2, -0.15) is 0 Å². The molecule has 0 aliphatic carbocycles. The molecule has 0 amide bonds. The van der Waals surface area contributed by atoms with Gasteiger partial charge < -0.3 is 14.6 Å². The second-order valence-electron chi connectivity index (χ2n) is 4.78. The van der Waals surface area contributed by atoms with Gasteiger partial charge >= 0.3 is 0 Å². The van der Waals surface area contributed by atoms with Gasteiger partial charge in [0.25, 0.3) is 0 Å². The van der Waals surface area contributed by atoms with Crippen LogP contribution in [0.4, 0.5) is 0 Å². The van der Waals surface area contributed by atoms with Crippen molar-refractivity contribution in [1.82, 2.24) is 0 Å². The standard InChI is InChI=1S/C16H15BrO3/c1-19-10-6-7-13(17)12(8-10)16-9-14(18)11-4-2-3-5-15(11)20-16/h2-8,14,16,18H,9H2,1H3/t14-,16?/m1/s1.